The zero-order chi connectivity index (χ0) is 20.3. The first-order valence-electron chi connectivity index (χ1n) is 9.33. The number of nitrogens with zero attached hydrogens (tertiary/aromatic N) is 3. The number of hydrogen-bond donors (Lipinski definition) is 2. The third-order valence-electron chi connectivity index (χ3n) is 4.17. The van der Waals surface area contributed by atoms with Crippen molar-refractivity contribution in [1.82, 2.24) is 5.32 Å². The minimum Gasteiger partial charge on any atom is -0.385 e. The van der Waals surface area contributed by atoms with Crippen LogP contribution in [0.2, 0.25) is 0 Å². The number of nitrogens with one attached hydrogen (secondary N) is 1. The smallest absolute Gasteiger partial charge is 0.254 e. The average Bonchev–Trinajstić information content (AvgIpc) is 2.78. The fraction of sp³-hybridized carbons (Fsp3) is 0.130. The van der Waals surface area contributed by atoms with Crippen molar-refractivity contribution >= 4 is 17.4 Å². The Labute approximate surface area is 170 Å². The van der Waals surface area contributed by atoms with Gasteiger partial charge in [0, 0.05) is 6.54 Å². The van der Waals surface area contributed by atoms with Crippen molar-refractivity contribution in [1.29, 1.82) is 0 Å². The first-order valence-corrected chi connectivity index (χ1v) is 9.33. The van der Waals surface area contributed by atoms with Crippen molar-refractivity contribution in [2.75, 3.05) is 0 Å². The molecule has 0 radical (unpaired) electrons. The van der Waals surface area contributed by atoms with E-state index in [0.29, 0.717) is 18.8 Å². The highest BCUT2D eigenvalue weighted by molar-refractivity contribution is 6.06. The third kappa shape index (κ3) is 6.39. The van der Waals surface area contributed by atoms with Gasteiger partial charge in [0.2, 0.25) is 6.04 Å². The highest BCUT2D eigenvalue weighted by Crippen LogP contribution is 2.12. The molecule has 0 aliphatic carbocycles. The summed E-state index contributed by atoms with van der Waals surface area (Å²) in [6, 6.07) is 27.5. The molecule has 0 aliphatic heterocycles. The van der Waals surface area contributed by atoms with Gasteiger partial charge in [0.05, 0.1) is 12.2 Å². The molecule has 3 aromatic carbocycles. The van der Waals surface area contributed by atoms with Crippen LogP contribution in [-0.4, -0.2) is 17.8 Å². The lowest BCUT2D eigenvalue weighted by molar-refractivity contribution is -0.121. The molecule has 0 saturated heterocycles. The summed E-state index contributed by atoms with van der Waals surface area (Å²) in [6.45, 7) is 0.749. The van der Waals surface area contributed by atoms with Gasteiger partial charge in [-0.3, -0.25) is 9.79 Å². The monoisotopic (exact) mass is 385 g/mol. The largest absolute Gasteiger partial charge is 0.385 e. The number of amides is 1. The van der Waals surface area contributed by atoms with Crippen LogP contribution in [-0.2, 0) is 17.9 Å². The van der Waals surface area contributed by atoms with Gasteiger partial charge >= 0.3 is 0 Å². The van der Waals surface area contributed by atoms with Crippen molar-refractivity contribution in [3.05, 3.63) is 102 Å². The van der Waals surface area contributed by atoms with E-state index in [-0.39, 0.29) is 11.7 Å². The Hall–Kier alpha value is -3.80. The second-order valence-corrected chi connectivity index (χ2v) is 6.38. The first kappa shape index (κ1) is 19.9. The fourth-order valence-electron chi connectivity index (χ4n) is 2.60. The van der Waals surface area contributed by atoms with E-state index < -0.39 is 6.04 Å². The van der Waals surface area contributed by atoms with Crippen LogP contribution in [0.15, 0.2) is 106 Å². The molecule has 0 unspecified atom stereocenters. The van der Waals surface area contributed by atoms with Crippen molar-refractivity contribution in [2.45, 2.75) is 19.1 Å². The Bertz CT molecular complexity index is 956. The van der Waals surface area contributed by atoms with Crippen LogP contribution in [0.1, 0.15) is 11.1 Å². The van der Waals surface area contributed by atoms with Crippen molar-refractivity contribution in [3.63, 3.8) is 0 Å². The number of amidine groups is 1. The zero-order valence-electron chi connectivity index (χ0n) is 16.0. The molecule has 0 saturated carbocycles. The van der Waals surface area contributed by atoms with Gasteiger partial charge in [0.15, 0.2) is 0 Å². The lowest BCUT2D eigenvalue weighted by atomic mass is 10.2. The summed E-state index contributed by atoms with van der Waals surface area (Å²) in [5, 5.41) is 11.2. The molecule has 29 heavy (non-hydrogen) atoms. The number of benzene rings is 3. The molecule has 0 bridgehead atoms. The van der Waals surface area contributed by atoms with Crippen molar-refractivity contribution in [2.24, 2.45) is 21.0 Å². The van der Waals surface area contributed by atoms with E-state index >= 15 is 0 Å². The number of azo groups is 1. The van der Waals surface area contributed by atoms with Crippen LogP contribution >= 0.6 is 0 Å². The lowest BCUT2D eigenvalue weighted by Gasteiger charge is -2.12. The molecule has 3 aromatic rings. The highest BCUT2D eigenvalue weighted by atomic mass is 16.2. The number of carbonyl (C=O) groups is 1. The number of rotatable bonds is 8. The quantitative estimate of drug-likeness (QED) is 0.348. The summed E-state index contributed by atoms with van der Waals surface area (Å²) >= 11 is 0. The molecule has 146 valence electrons. The predicted molar refractivity (Wildman–Crippen MR) is 115 cm³/mol. The number of hydrogen-bond acceptors (Lipinski definition) is 4. The SMILES string of the molecule is NC(=NCc1ccccc1)[C@H](N=Nc1ccccc1)C(=O)NCc1ccccc1. The molecular formula is C23H23N5O. The summed E-state index contributed by atoms with van der Waals surface area (Å²) in [5.41, 5.74) is 8.76. The standard InChI is InChI=1S/C23H23N5O/c24-22(25-16-18-10-4-1-5-11-18)21(28-27-20-14-8-3-9-15-20)23(29)26-17-19-12-6-2-7-13-19/h1-15,21H,16-17H2,(H2,24,25)(H,26,29)/t21-/m0/s1. The van der Waals surface area contributed by atoms with Crippen LogP contribution in [0.25, 0.3) is 0 Å². The topological polar surface area (TPSA) is 92.2 Å². The lowest BCUT2D eigenvalue weighted by Crippen LogP contribution is -2.42. The van der Waals surface area contributed by atoms with Gasteiger partial charge in [-0.2, -0.15) is 10.2 Å². The second kappa shape index (κ2) is 10.5. The van der Waals surface area contributed by atoms with Gasteiger partial charge in [-0.15, -0.1) is 0 Å². The Morgan fingerprint density at radius 3 is 2.00 bits per heavy atom. The molecule has 1 atom stereocenters. The van der Waals surface area contributed by atoms with E-state index in [1.165, 1.54) is 0 Å². The number of aliphatic imine (C=N–C) groups is 1. The van der Waals surface area contributed by atoms with Crippen LogP contribution in [0.5, 0.6) is 0 Å². The molecule has 0 fully saturated rings. The van der Waals surface area contributed by atoms with Gasteiger partial charge in [-0.05, 0) is 23.3 Å². The number of carbonyl (C=O) groups excluding carboxylic acids is 1. The van der Waals surface area contributed by atoms with E-state index in [9.17, 15) is 4.79 Å². The molecule has 3 rings (SSSR count). The zero-order valence-corrected chi connectivity index (χ0v) is 16.0. The summed E-state index contributed by atoms with van der Waals surface area (Å²) in [5.74, 6) is -0.220. The molecule has 6 heteroatoms. The minimum absolute atomic E-state index is 0.124. The third-order valence-corrected chi connectivity index (χ3v) is 4.17. The fourth-order valence-corrected chi connectivity index (χ4v) is 2.60. The second-order valence-electron chi connectivity index (χ2n) is 6.38. The summed E-state index contributed by atoms with van der Waals surface area (Å²) < 4.78 is 0. The van der Waals surface area contributed by atoms with E-state index in [1.54, 1.807) is 12.1 Å². The molecule has 0 aliphatic rings. The molecule has 1 amide bonds. The maximum absolute atomic E-state index is 12.8. The molecule has 6 nitrogen and oxygen atoms in total. The molecule has 0 heterocycles. The summed E-state index contributed by atoms with van der Waals surface area (Å²) in [6.07, 6.45) is 0. The average molecular weight is 385 g/mol. The van der Waals surface area contributed by atoms with E-state index in [4.69, 9.17) is 5.73 Å². The Morgan fingerprint density at radius 2 is 1.38 bits per heavy atom. The van der Waals surface area contributed by atoms with E-state index in [1.807, 2.05) is 78.9 Å². The van der Waals surface area contributed by atoms with Gasteiger partial charge in [-0.1, -0.05) is 78.9 Å². The number of nitrogens with two attached hydrogens (primary N) is 1. The van der Waals surface area contributed by atoms with Crippen molar-refractivity contribution < 1.29 is 4.79 Å². The maximum Gasteiger partial charge on any atom is 0.254 e. The Kier molecular flexibility index (Phi) is 7.23. The minimum atomic E-state index is -0.998. The van der Waals surface area contributed by atoms with Gasteiger partial charge in [-0.25, -0.2) is 0 Å². The Balaban J connectivity index is 1.74. The Morgan fingerprint density at radius 1 is 0.828 bits per heavy atom. The molecule has 3 N–H and O–H groups in total. The van der Waals surface area contributed by atoms with E-state index in [0.717, 1.165) is 11.1 Å². The van der Waals surface area contributed by atoms with Crippen LogP contribution in [0, 0.1) is 0 Å². The summed E-state index contributed by atoms with van der Waals surface area (Å²) in [4.78, 5) is 17.1. The van der Waals surface area contributed by atoms with Gasteiger partial charge < -0.3 is 11.1 Å². The van der Waals surface area contributed by atoms with E-state index in [2.05, 4.69) is 20.5 Å². The summed E-state index contributed by atoms with van der Waals surface area (Å²) in [7, 11) is 0. The maximum atomic E-state index is 12.8. The van der Waals surface area contributed by atoms with Gasteiger partial charge in [0.25, 0.3) is 5.91 Å². The normalized spacial score (nSPS) is 12.6. The van der Waals surface area contributed by atoms with Crippen LogP contribution in [0.3, 0.4) is 0 Å². The van der Waals surface area contributed by atoms with Crippen molar-refractivity contribution in [3.8, 4) is 0 Å². The predicted octanol–water partition coefficient (Wildman–Crippen LogP) is 4.01. The van der Waals surface area contributed by atoms with Gasteiger partial charge in [0.1, 0.15) is 5.84 Å². The van der Waals surface area contributed by atoms with Crippen LogP contribution in [0.4, 0.5) is 5.69 Å². The molecular weight excluding hydrogens is 362 g/mol. The highest BCUT2D eigenvalue weighted by Gasteiger charge is 2.22. The molecule has 0 spiro atoms. The van der Waals surface area contributed by atoms with Crippen LogP contribution < -0.4 is 11.1 Å². The molecule has 0 aromatic heterocycles. The first-order chi connectivity index (χ1) is 14.2.